The molecule has 5 rings (SSSR count). The molecule has 0 radical (unpaired) electrons. The van der Waals surface area contributed by atoms with Gasteiger partial charge in [0.1, 0.15) is 29.1 Å². The van der Waals surface area contributed by atoms with Crippen LogP contribution in [0, 0.1) is 6.92 Å². The average molecular weight is 450 g/mol. The highest BCUT2D eigenvalue weighted by molar-refractivity contribution is 7.99. The minimum atomic E-state index is 0.0294. The summed E-state index contributed by atoms with van der Waals surface area (Å²) in [6.07, 6.45) is 2.15. The third kappa shape index (κ3) is 4.45. The largest absolute Gasteiger partial charge is 0.483 e. The van der Waals surface area contributed by atoms with E-state index in [1.165, 1.54) is 11.8 Å². The van der Waals surface area contributed by atoms with Gasteiger partial charge in [-0.25, -0.2) is 0 Å². The molecule has 1 aliphatic carbocycles. The summed E-state index contributed by atoms with van der Waals surface area (Å²) in [5.41, 5.74) is 3.48. The molecular weight excluding hydrogens is 426 g/mol. The molecule has 1 amide bonds. The Balaban J connectivity index is 1.30. The van der Waals surface area contributed by atoms with Crippen molar-refractivity contribution in [3.05, 3.63) is 53.9 Å². The van der Waals surface area contributed by atoms with Crippen LogP contribution in [0.25, 0.3) is 16.7 Å². The van der Waals surface area contributed by atoms with Crippen molar-refractivity contribution in [2.24, 2.45) is 7.05 Å². The van der Waals surface area contributed by atoms with Gasteiger partial charge < -0.3 is 14.6 Å². The van der Waals surface area contributed by atoms with Crippen molar-refractivity contribution in [1.82, 2.24) is 35.1 Å². The molecule has 0 bridgehead atoms. The van der Waals surface area contributed by atoms with Crippen LogP contribution >= 0.6 is 11.8 Å². The summed E-state index contributed by atoms with van der Waals surface area (Å²) in [7, 11) is 1.87. The third-order valence-corrected chi connectivity index (χ3v) is 6.19. The Morgan fingerprint density at radius 2 is 1.91 bits per heavy atom. The SMILES string of the molecule is Cc1ccc(OCc2nnc(SCC(=O)NC3CC3)n2C)c(-n2nc3ccccc3n2)c1. The van der Waals surface area contributed by atoms with Crippen LogP contribution in [0.3, 0.4) is 0 Å². The lowest BCUT2D eigenvalue weighted by atomic mass is 10.2. The number of amides is 1. The molecule has 32 heavy (non-hydrogen) atoms. The highest BCUT2D eigenvalue weighted by Gasteiger charge is 2.23. The van der Waals surface area contributed by atoms with E-state index in [0.717, 1.165) is 35.1 Å². The summed E-state index contributed by atoms with van der Waals surface area (Å²) in [4.78, 5) is 13.5. The van der Waals surface area contributed by atoms with E-state index in [-0.39, 0.29) is 12.5 Å². The minimum Gasteiger partial charge on any atom is -0.483 e. The van der Waals surface area contributed by atoms with Crippen molar-refractivity contribution < 1.29 is 9.53 Å². The lowest BCUT2D eigenvalue weighted by molar-refractivity contribution is -0.118. The van der Waals surface area contributed by atoms with Crippen molar-refractivity contribution in [2.45, 2.75) is 37.6 Å². The molecule has 1 saturated carbocycles. The van der Waals surface area contributed by atoms with E-state index in [2.05, 4.69) is 25.7 Å². The number of hydrogen-bond donors (Lipinski definition) is 1. The number of hydrogen-bond acceptors (Lipinski definition) is 7. The number of ether oxygens (including phenoxy) is 1. The molecule has 2 heterocycles. The number of fused-ring (bicyclic) bond motifs is 1. The van der Waals surface area contributed by atoms with Gasteiger partial charge in [-0.15, -0.1) is 25.2 Å². The molecular formula is C22H23N7O2S. The molecule has 1 aliphatic rings. The number of nitrogens with zero attached hydrogens (tertiary/aromatic N) is 6. The van der Waals surface area contributed by atoms with Crippen LogP contribution in [0.1, 0.15) is 24.2 Å². The van der Waals surface area contributed by atoms with Gasteiger partial charge in [0, 0.05) is 13.1 Å². The Kier molecular flexibility index (Phi) is 5.52. The predicted molar refractivity (Wildman–Crippen MR) is 121 cm³/mol. The number of rotatable bonds is 8. The Bertz CT molecular complexity index is 1250. The third-order valence-electron chi connectivity index (χ3n) is 5.17. The Labute approximate surface area is 189 Å². The summed E-state index contributed by atoms with van der Waals surface area (Å²) >= 11 is 1.37. The summed E-state index contributed by atoms with van der Waals surface area (Å²) in [5.74, 6) is 1.67. The Morgan fingerprint density at radius 3 is 2.62 bits per heavy atom. The number of aromatic nitrogens is 6. The predicted octanol–water partition coefficient (Wildman–Crippen LogP) is 2.81. The monoisotopic (exact) mass is 449 g/mol. The zero-order valence-corrected chi connectivity index (χ0v) is 18.7. The number of nitrogens with one attached hydrogen (secondary N) is 1. The second kappa shape index (κ2) is 8.62. The summed E-state index contributed by atoms with van der Waals surface area (Å²) < 4.78 is 7.95. The fourth-order valence-corrected chi connectivity index (χ4v) is 3.98. The number of aryl methyl sites for hydroxylation is 1. The average Bonchev–Trinajstić information content (AvgIpc) is 3.38. The summed E-state index contributed by atoms with van der Waals surface area (Å²) in [5, 5.41) is 21.3. The van der Waals surface area contributed by atoms with Crippen LogP contribution in [0.5, 0.6) is 5.75 Å². The van der Waals surface area contributed by atoms with Gasteiger partial charge in [-0.05, 0) is 49.6 Å². The van der Waals surface area contributed by atoms with Crippen molar-refractivity contribution in [3.8, 4) is 11.4 Å². The van der Waals surface area contributed by atoms with Crippen molar-refractivity contribution in [3.63, 3.8) is 0 Å². The van der Waals surface area contributed by atoms with Gasteiger partial charge in [-0.2, -0.15) is 0 Å². The molecule has 9 nitrogen and oxygen atoms in total. The lowest BCUT2D eigenvalue weighted by Gasteiger charge is -2.11. The van der Waals surface area contributed by atoms with Gasteiger partial charge in [0.15, 0.2) is 11.0 Å². The van der Waals surface area contributed by atoms with Crippen LogP contribution in [-0.2, 0) is 18.4 Å². The lowest BCUT2D eigenvalue weighted by Crippen LogP contribution is -2.27. The van der Waals surface area contributed by atoms with Gasteiger partial charge in [0.25, 0.3) is 0 Å². The fraction of sp³-hybridized carbons (Fsp3) is 0.318. The molecule has 1 fully saturated rings. The molecule has 1 N–H and O–H groups in total. The molecule has 0 saturated heterocycles. The van der Waals surface area contributed by atoms with Crippen LogP contribution in [0.15, 0.2) is 47.6 Å². The topological polar surface area (TPSA) is 99.8 Å². The zero-order valence-electron chi connectivity index (χ0n) is 17.9. The summed E-state index contributed by atoms with van der Waals surface area (Å²) in [6, 6.07) is 14.0. The molecule has 2 aromatic heterocycles. The first-order valence-electron chi connectivity index (χ1n) is 10.4. The molecule has 2 aromatic carbocycles. The van der Waals surface area contributed by atoms with E-state index in [1.54, 1.807) is 4.80 Å². The van der Waals surface area contributed by atoms with Gasteiger partial charge >= 0.3 is 0 Å². The van der Waals surface area contributed by atoms with Gasteiger partial charge in [-0.3, -0.25) is 4.79 Å². The quantitative estimate of drug-likeness (QED) is 0.413. The van der Waals surface area contributed by atoms with Crippen LogP contribution in [-0.4, -0.2) is 47.5 Å². The zero-order chi connectivity index (χ0) is 22.1. The highest BCUT2D eigenvalue weighted by Crippen LogP contribution is 2.26. The van der Waals surface area contributed by atoms with Crippen molar-refractivity contribution in [1.29, 1.82) is 0 Å². The van der Waals surface area contributed by atoms with E-state index in [0.29, 0.717) is 28.5 Å². The first-order chi connectivity index (χ1) is 15.6. The second-order valence-corrected chi connectivity index (χ2v) is 8.77. The second-order valence-electron chi connectivity index (χ2n) is 7.83. The van der Waals surface area contributed by atoms with Crippen molar-refractivity contribution >= 4 is 28.7 Å². The van der Waals surface area contributed by atoms with Gasteiger partial charge in [0.2, 0.25) is 5.91 Å². The van der Waals surface area contributed by atoms with E-state index in [4.69, 9.17) is 4.74 Å². The van der Waals surface area contributed by atoms with E-state index < -0.39 is 0 Å². The highest BCUT2D eigenvalue weighted by atomic mass is 32.2. The first-order valence-corrected chi connectivity index (χ1v) is 11.4. The summed E-state index contributed by atoms with van der Waals surface area (Å²) in [6.45, 7) is 2.25. The molecule has 10 heteroatoms. The Morgan fingerprint density at radius 1 is 1.16 bits per heavy atom. The molecule has 0 spiro atoms. The van der Waals surface area contributed by atoms with Crippen molar-refractivity contribution in [2.75, 3.05) is 5.75 Å². The minimum absolute atomic E-state index is 0.0294. The standard InChI is InChI=1S/C22H23N7O2S/c1-14-7-10-19(18(11-14)29-26-16-5-3-4-6-17(16)27-29)31-12-20-24-25-22(28(20)2)32-13-21(30)23-15-8-9-15/h3-7,10-11,15H,8-9,12-13H2,1-2H3,(H,23,30). The van der Waals surface area contributed by atoms with Gasteiger partial charge in [-0.1, -0.05) is 30.0 Å². The molecule has 4 aromatic rings. The number of carbonyl (C=O) groups is 1. The van der Waals surface area contributed by atoms with E-state index in [9.17, 15) is 4.79 Å². The Hall–Kier alpha value is -3.40. The first kappa shape index (κ1) is 20.5. The fourth-order valence-electron chi connectivity index (χ4n) is 3.24. The number of benzene rings is 2. The maximum atomic E-state index is 11.9. The molecule has 0 unspecified atom stereocenters. The number of thioether (sulfide) groups is 1. The van der Waals surface area contributed by atoms with Crippen LogP contribution < -0.4 is 10.1 Å². The normalized spacial score (nSPS) is 13.4. The smallest absolute Gasteiger partial charge is 0.230 e. The van der Waals surface area contributed by atoms with Gasteiger partial charge in [0.05, 0.1) is 5.75 Å². The van der Waals surface area contributed by atoms with E-state index in [1.807, 2.05) is 61.0 Å². The number of carbonyl (C=O) groups excluding carboxylic acids is 1. The maximum absolute atomic E-state index is 11.9. The molecule has 0 atom stereocenters. The van der Waals surface area contributed by atoms with Crippen LogP contribution in [0.4, 0.5) is 0 Å². The molecule has 164 valence electrons. The van der Waals surface area contributed by atoms with E-state index >= 15 is 0 Å². The van der Waals surface area contributed by atoms with Crippen LogP contribution in [0.2, 0.25) is 0 Å². The maximum Gasteiger partial charge on any atom is 0.230 e. The molecule has 0 aliphatic heterocycles.